The smallest absolute Gasteiger partial charge is 0.262 e. The van der Waals surface area contributed by atoms with E-state index >= 15 is 0 Å². The summed E-state index contributed by atoms with van der Waals surface area (Å²) in [5.74, 6) is 0.651. The Balaban J connectivity index is 1.52. The molecule has 3 nitrogen and oxygen atoms in total. The fourth-order valence-corrected chi connectivity index (χ4v) is 3.34. The first-order chi connectivity index (χ1) is 12.1. The highest BCUT2D eigenvalue weighted by Gasteiger charge is 2.15. The summed E-state index contributed by atoms with van der Waals surface area (Å²) in [6.45, 7) is 1.72. The summed E-state index contributed by atoms with van der Waals surface area (Å²) in [7, 11) is 0. The molecule has 25 heavy (non-hydrogen) atoms. The summed E-state index contributed by atoms with van der Waals surface area (Å²) in [6, 6.07) is 12.4. The number of aryl methyl sites for hydroxylation is 1. The minimum Gasteiger partial charge on any atom is -0.484 e. The van der Waals surface area contributed by atoms with Crippen molar-refractivity contribution in [2.45, 2.75) is 44.9 Å². The minimum absolute atomic E-state index is 0.0985. The monoisotopic (exact) mass is 341 g/mol. The largest absolute Gasteiger partial charge is 0.484 e. The molecule has 1 saturated carbocycles. The van der Waals surface area contributed by atoms with Crippen molar-refractivity contribution in [3.63, 3.8) is 0 Å². The van der Waals surface area contributed by atoms with Crippen molar-refractivity contribution >= 4 is 11.6 Å². The molecular formula is C21H24FNO2. The number of amides is 1. The number of hydrogen-bond donors (Lipinski definition) is 1. The molecule has 2 aromatic rings. The van der Waals surface area contributed by atoms with Crippen LogP contribution >= 0.6 is 0 Å². The summed E-state index contributed by atoms with van der Waals surface area (Å²) in [6.07, 6.45) is 6.48. The quantitative estimate of drug-likeness (QED) is 0.812. The molecule has 0 aromatic heterocycles. The first kappa shape index (κ1) is 17.5. The maximum atomic E-state index is 13.3. The van der Waals surface area contributed by atoms with Gasteiger partial charge in [0.05, 0.1) is 0 Å². The zero-order chi connectivity index (χ0) is 17.6. The second-order valence-electron chi connectivity index (χ2n) is 6.70. The SMILES string of the molecule is Cc1ccc(F)cc1NC(=O)COc1ccc(C2CCCCC2)cc1. The predicted octanol–water partition coefficient (Wildman–Crippen LogP) is 5.20. The molecule has 0 atom stereocenters. The Bertz CT molecular complexity index is 721. The first-order valence-corrected chi connectivity index (χ1v) is 8.90. The number of rotatable bonds is 5. The van der Waals surface area contributed by atoms with Crippen LogP contribution in [0.5, 0.6) is 5.75 Å². The molecular weight excluding hydrogens is 317 g/mol. The van der Waals surface area contributed by atoms with E-state index in [9.17, 15) is 9.18 Å². The number of carbonyl (C=O) groups is 1. The molecule has 3 rings (SSSR count). The normalized spacial score (nSPS) is 15.0. The molecule has 1 aliphatic carbocycles. The lowest BCUT2D eigenvalue weighted by Crippen LogP contribution is -2.20. The van der Waals surface area contributed by atoms with Gasteiger partial charge in [0.2, 0.25) is 0 Å². The standard InChI is InChI=1S/C21H24FNO2/c1-15-7-10-18(22)13-20(15)23-21(24)14-25-19-11-8-17(9-12-19)16-5-3-2-4-6-16/h7-13,16H,2-6,14H2,1H3,(H,23,24). The van der Waals surface area contributed by atoms with E-state index in [1.54, 1.807) is 6.07 Å². The Labute approximate surface area is 148 Å². The van der Waals surface area contributed by atoms with Gasteiger partial charge in [0.15, 0.2) is 6.61 Å². The van der Waals surface area contributed by atoms with Gasteiger partial charge in [-0.3, -0.25) is 4.79 Å². The molecule has 0 radical (unpaired) electrons. The molecule has 0 saturated heterocycles. The third kappa shape index (κ3) is 4.81. The van der Waals surface area contributed by atoms with Crippen molar-refractivity contribution in [2.75, 3.05) is 11.9 Å². The molecule has 4 heteroatoms. The number of nitrogens with one attached hydrogen (secondary N) is 1. The number of benzene rings is 2. The van der Waals surface area contributed by atoms with Crippen LogP contribution in [-0.2, 0) is 4.79 Å². The van der Waals surface area contributed by atoms with E-state index in [0.717, 1.165) is 5.56 Å². The maximum Gasteiger partial charge on any atom is 0.262 e. The number of anilines is 1. The fourth-order valence-electron chi connectivity index (χ4n) is 3.34. The Morgan fingerprint density at radius 2 is 1.84 bits per heavy atom. The second kappa shape index (κ2) is 8.15. The van der Waals surface area contributed by atoms with E-state index < -0.39 is 0 Å². The number of ether oxygens (including phenoxy) is 1. The van der Waals surface area contributed by atoms with Gasteiger partial charge in [0.1, 0.15) is 11.6 Å². The van der Waals surface area contributed by atoms with Crippen molar-refractivity contribution in [2.24, 2.45) is 0 Å². The zero-order valence-electron chi connectivity index (χ0n) is 14.6. The van der Waals surface area contributed by atoms with Gasteiger partial charge in [-0.2, -0.15) is 0 Å². The molecule has 0 spiro atoms. The van der Waals surface area contributed by atoms with Crippen LogP contribution in [0.4, 0.5) is 10.1 Å². The highest BCUT2D eigenvalue weighted by Crippen LogP contribution is 2.33. The van der Waals surface area contributed by atoms with Crippen LogP contribution < -0.4 is 10.1 Å². The first-order valence-electron chi connectivity index (χ1n) is 8.90. The second-order valence-corrected chi connectivity index (χ2v) is 6.70. The van der Waals surface area contributed by atoms with Gasteiger partial charge in [-0.05, 0) is 61.1 Å². The van der Waals surface area contributed by atoms with Crippen LogP contribution in [0.25, 0.3) is 0 Å². The van der Waals surface area contributed by atoms with Gasteiger partial charge in [-0.1, -0.05) is 37.5 Å². The summed E-state index contributed by atoms with van der Waals surface area (Å²) < 4.78 is 18.8. The lowest BCUT2D eigenvalue weighted by molar-refractivity contribution is -0.118. The van der Waals surface area contributed by atoms with E-state index in [0.29, 0.717) is 17.4 Å². The summed E-state index contributed by atoms with van der Waals surface area (Å²) >= 11 is 0. The van der Waals surface area contributed by atoms with Crippen molar-refractivity contribution in [1.29, 1.82) is 0 Å². The van der Waals surface area contributed by atoms with Gasteiger partial charge in [-0.15, -0.1) is 0 Å². The van der Waals surface area contributed by atoms with Crippen LogP contribution in [0.2, 0.25) is 0 Å². The van der Waals surface area contributed by atoms with Gasteiger partial charge in [-0.25, -0.2) is 4.39 Å². The van der Waals surface area contributed by atoms with Gasteiger partial charge < -0.3 is 10.1 Å². The molecule has 1 N–H and O–H groups in total. The summed E-state index contributed by atoms with van der Waals surface area (Å²) in [5.41, 5.74) is 2.64. The molecule has 1 aliphatic rings. The van der Waals surface area contributed by atoms with E-state index in [-0.39, 0.29) is 18.3 Å². The molecule has 132 valence electrons. The summed E-state index contributed by atoms with van der Waals surface area (Å²) in [5, 5.41) is 2.68. The Morgan fingerprint density at radius 3 is 2.56 bits per heavy atom. The topological polar surface area (TPSA) is 38.3 Å². The molecule has 0 unspecified atom stereocenters. The highest BCUT2D eigenvalue weighted by molar-refractivity contribution is 5.92. The van der Waals surface area contributed by atoms with E-state index in [1.165, 1.54) is 49.8 Å². The molecule has 1 fully saturated rings. The van der Waals surface area contributed by atoms with Crippen LogP contribution in [0.3, 0.4) is 0 Å². The highest BCUT2D eigenvalue weighted by atomic mass is 19.1. The van der Waals surface area contributed by atoms with Gasteiger partial charge >= 0.3 is 0 Å². The van der Waals surface area contributed by atoms with E-state index in [4.69, 9.17) is 4.74 Å². The lowest BCUT2D eigenvalue weighted by atomic mass is 9.84. The van der Waals surface area contributed by atoms with Gasteiger partial charge in [0.25, 0.3) is 5.91 Å². The van der Waals surface area contributed by atoms with Crippen molar-refractivity contribution in [1.82, 2.24) is 0 Å². The third-order valence-corrected chi connectivity index (χ3v) is 4.80. The molecule has 1 amide bonds. The van der Waals surface area contributed by atoms with Crippen LogP contribution in [-0.4, -0.2) is 12.5 Å². The van der Waals surface area contributed by atoms with Crippen molar-refractivity contribution < 1.29 is 13.9 Å². The maximum absolute atomic E-state index is 13.3. The Hall–Kier alpha value is -2.36. The van der Waals surface area contributed by atoms with E-state index in [2.05, 4.69) is 17.4 Å². The third-order valence-electron chi connectivity index (χ3n) is 4.80. The Kier molecular flexibility index (Phi) is 5.69. The molecule has 0 heterocycles. The number of hydrogen-bond acceptors (Lipinski definition) is 2. The summed E-state index contributed by atoms with van der Waals surface area (Å²) in [4.78, 5) is 12.0. The number of halogens is 1. The fraction of sp³-hybridized carbons (Fsp3) is 0.381. The molecule has 0 aliphatic heterocycles. The van der Waals surface area contributed by atoms with Crippen LogP contribution in [0.1, 0.15) is 49.1 Å². The predicted molar refractivity (Wildman–Crippen MR) is 97.5 cm³/mol. The lowest BCUT2D eigenvalue weighted by Gasteiger charge is -2.22. The average molecular weight is 341 g/mol. The van der Waals surface area contributed by atoms with Crippen molar-refractivity contribution in [3.8, 4) is 5.75 Å². The van der Waals surface area contributed by atoms with Crippen LogP contribution in [0.15, 0.2) is 42.5 Å². The van der Waals surface area contributed by atoms with Crippen LogP contribution in [0, 0.1) is 12.7 Å². The Morgan fingerprint density at radius 1 is 1.12 bits per heavy atom. The average Bonchev–Trinajstić information content (AvgIpc) is 2.64. The van der Waals surface area contributed by atoms with Gasteiger partial charge in [0, 0.05) is 5.69 Å². The number of carbonyl (C=O) groups excluding carboxylic acids is 1. The van der Waals surface area contributed by atoms with Crippen molar-refractivity contribution in [3.05, 3.63) is 59.4 Å². The zero-order valence-corrected chi connectivity index (χ0v) is 14.6. The minimum atomic E-state index is -0.375. The molecule has 2 aromatic carbocycles. The molecule has 0 bridgehead atoms. The van der Waals surface area contributed by atoms with E-state index in [1.807, 2.05) is 19.1 Å².